The smallest absolute Gasteiger partial charge is 0.340 e. The van der Waals surface area contributed by atoms with Crippen molar-refractivity contribution in [1.29, 1.82) is 5.26 Å². The molecule has 0 radical (unpaired) electrons. The van der Waals surface area contributed by atoms with Crippen LogP contribution in [0.3, 0.4) is 0 Å². The lowest BCUT2D eigenvalue weighted by Crippen LogP contribution is -2.34. The molecule has 2 N–H and O–H groups in total. The van der Waals surface area contributed by atoms with Crippen LogP contribution in [0.1, 0.15) is 51.0 Å². The molecule has 1 aliphatic heterocycles. The number of ether oxygens (including phenoxy) is 4. The summed E-state index contributed by atoms with van der Waals surface area (Å²) in [6, 6.07) is 6.88. The fourth-order valence-electron chi connectivity index (χ4n) is 3.10. The van der Waals surface area contributed by atoms with E-state index in [-0.39, 0.29) is 24.7 Å². The Kier molecular flexibility index (Phi) is 8.54. The van der Waals surface area contributed by atoms with Crippen molar-refractivity contribution in [2.45, 2.75) is 45.4 Å². The van der Waals surface area contributed by atoms with E-state index >= 15 is 0 Å². The first-order valence-corrected chi connectivity index (χ1v) is 10.1. The van der Waals surface area contributed by atoms with Crippen LogP contribution < -0.4 is 15.2 Å². The van der Waals surface area contributed by atoms with Gasteiger partial charge in [0.05, 0.1) is 32.3 Å². The van der Waals surface area contributed by atoms with Gasteiger partial charge < -0.3 is 24.7 Å². The van der Waals surface area contributed by atoms with Crippen LogP contribution in [0.4, 0.5) is 0 Å². The normalized spacial score (nSPS) is 16.0. The summed E-state index contributed by atoms with van der Waals surface area (Å²) in [7, 11) is 1.50. The van der Waals surface area contributed by atoms with Gasteiger partial charge in [0.2, 0.25) is 5.88 Å². The third-order valence-corrected chi connectivity index (χ3v) is 4.77. The van der Waals surface area contributed by atoms with Crippen molar-refractivity contribution in [1.82, 2.24) is 0 Å². The van der Waals surface area contributed by atoms with Crippen molar-refractivity contribution in [2.75, 3.05) is 20.3 Å². The lowest BCUT2D eigenvalue weighted by Gasteiger charge is -2.30. The van der Waals surface area contributed by atoms with Crippen molar-refractivity contribution in [2.24, 2.45) is 11.7 Å². The Balaban J connectivity index is 2.46. The number of rotatable bonds is 10. The summed E-state index contributed by atoms with van der Waals surface area (Å²) in [6.07, 6.45) is 3.04. The molecule has 8 nitrogen and oxygen atoms in total. The lowest BCUT2D eigenvalue weighted by atomic mass is 9.79. The van der Waals surface area contributed by atoms with Gasteiger partial charge in [-0.15, -0.1) is 0 Å². The summed E-state index contributed by atoms with van der Waals surface area (Å²) >= 11 is 0. The molecule has 0 saturated carbocycles. The van der Waals surface area contributed by atoms with Gasteiger partial charge in [0.1, 0.15) is 17.1 Å². The van der Waals surface area contributed by atoms with Gasteiger partial charge in [-0.2, -0.15) is 5.26 Å². The molecule has 0 fully saturated rings. The summed E-state index contributed by atoms with van der Waals surface area (Å²) in [5, 5.41) is 9.80. The molecule has 0 saturated heterocycles. The molecule has 1 aliphatic rings. The zero-order chi connectivity index (χ0) is 22.1. The quantitative estimate of drug-likeness (QED) is 0.456. The number of hydrogen-bond donors (Lipinski definition) is 1. The van der Waals surface area contributed by atoms with Gasteiger partial charge >= 0.3 is 11.9 Å². The number of esters is 2. The standard InChI is InChI=1S/C22H28N2O6/c1-4-6-10-28-21(25)16(13-23)18-15-9-8-14(27-3)12-17(15)30-20(24)19(18)22(26)29-11-7-5-2/h8-9,12,16,18H,4-7,10-11,24H2,1-3H3/t16-,18+/m0/s1. The molecular formula is C22H28N2O6. The molecule has 1 aromatic carbocycles. The Labute approximate surface area is 176 Å². The maximum absolute atomic E-state index is 12.8. The van der Waals surface area contributed by atoms with Crippen LogP contribution in [0.2, 0.25) is 0 Å². The lowest BCUT2D eigenvalue weighted by molar-refractivity contribution is -0.147. The van der Waals surface area contributed by atoms with Crippen molar-refractivity contribution in [3.63, 3.8) is 0 Å². The third kappa shape index (κ3) is 5.23. The average Bonchev–Trinajstić information content (AvgIpc) is 2.73. The summed E-state index contributed by atoms with van der Waals surface area (Å²) in [5.74, 6) is -3.08. The van der Waals surface area contributed by atoms with Crippen LogP contribution in [-0.4, -0.2) is 32.3 Å². The zero-order valence-electron chi connectivity index (χ0n) is 17.6. The number of methoxy groups -OCH3 is 1. The maximum atomic E-state index is 12.8. The fraction of sp³-hybridized carbons (Fsp3) is 0.500. The molecule has 2 rings (SSSR count). The second kappa shape index (κ2) is 11.1. The van der Waals surface area contributed by atoms with Crippen LogP contribution >= 0.6 is 0 Å². The number of nitrogens with two attached hydrogens (primary N) is 1. The molecule has 1 aromatic rings. The van der Waals surface area contributed by atoms with Gasteiger partial charge in [-0.1, -0.05) is 32.8 Å². The van der Waals surface area contributed by atoms with Crippen molar-refractivity contribution in [3.8, 4) is 17.6 Å². The highest BCUT2D eigenvalue weighted by atomic mass is 16.5. The first kappa shape index (κ1) is 23.1. The Morgan fingerprint density at radius 3 is 2.47 bits per heavy atom. The van der Waals surface area contributed by atoms with Crippen LogP contribution in [0.5, 0.6) is 11.5 Å². The van der Waals surface area contributed by atoms with E-state index in [0.29, 0.717) is 29.9 Å². The molecule has 0 unspecified atom stereocenters. The van der Waals surface area contributed by atoms with Gasteiger partial charge in [0.25, 0.3) is 0 Å². The first-order valence-electron chi connectivity index (χ1n) is 10.1. The molecule has 162 valence electrons. The van der Waals surface area contributed by atoms with E-state index < -0.39 is 23.8 Å². The Morgan fingerprint density at radius 1 is 1.20 bits per heavy atom. The summed E-state index contributed by atoms with van der Waals surface area (Å²) in [5.41, 5.74) is 6.46. The van der Waals surface area contributed by atoms with E-state index in [1.807, 2.05) is 19.9 Å². The largest absolute Gasteiger partial charge is 0.497 e. The molecule has 0 amide bonds. The highest BCUT2D eigenvalue weighted by Crippen LogP contribution is 2.44. The number of hydrogen-bond acceptors (Lipinski definition) is 8. The van der Waals surface area contributed by atoms with Gasteiger partial charge in [0, 0.05) is 11.6 Å². The molecule has 2 atom stereocenters. The molecule has 0 aliphatic carbocycles. The van der Waals surface area contributed by atoms with Gasteiger partial charge in [0.15, 0.2) is 5.92 Å². The summed E-state index contributed by atoms with van der Waals surface area (Å²) in [4.78, 5) is 25.5. The van der Waals surface area contributed by atoms with Crippen LogP contribution in [0.25, 0.3) is 0 Å². The highest BCUT2D eigenvalue weighted by molar-refractivity contribution is 5.93. The van der Waals surface area contributed by atoms with Crippen molar-refractivity contribution >= 4 is 11.9 Å². The van der Waals surface area contributed by atoms with E-state index in [0.717, 1.165) is 12.8 Å². The van der Waals surface area contributed by atoms with E-state index in [9.17, 15) is 14.9 Å². The monoisotopic (exact) mass is 416 g/mol. The van der Waals surface area contributed by atoms with Crippen LogP contribution in [-0.2, 0) is 19.1 Å². The number of carbonyl (C=O) groups excluding carboxylic acids is 2. The van der Waals surface area contributed by atoms with Crippen LogP contribution in [0, 0.1) is 17.2 Å². The molecule has 1 heterocycles. The highest BCUT2D eigenvalue weighted by Gasteiger charge is 2.43. The van der Waals surface area contributed by atoms with Crippen molar-refractivity contribution in [3.05, 3.63) is 35.2 Å². The van der Waals surface area contributed by atoms with Gasteiger partial charge in [-0.3, -0.25) is 4.79 Å². The van der Waals surface area contributed by atoms with E-state index in [1.165, 1.54) is 7.11 Å². The molecule has 0 bridgehead atoms. The minimum Gasteiger partial charge on any atom is -0.497 e. The number of nitrogens with zero attached hydrogens (tertiary/aromatic N) is 1. The third-order valence-electron chi connectivity index (χ3n) is 4.77. The van der Waals surface area contributed by atoms with Crippen LogP contribution in [0.15, 0.2) is 29.7 Å². The van der Waals surface area contributed by atoms with Gasteiger partial charge in [-0.25, -0.2) is 4.79 Å². The number of carbonyl (C=O) groups is 2. The number of unbranched alkanes of at least 4 members (excludes halogenated alkanes) is 2. The number of nitriles is 1. The minimum atomic E-state index is -1.29. The molecule has 0 spiro atoms. The fourth-order valence-corrected chi connectivity index (χ4v) is 3.10. The summed E-state index contributed by atoms with van der Waals surface area (Å²) in [6.45, 7) is 4.33. The van der Waals surface area contributed by atoms with E-state index in [4.69, 9.17) is 24.7 Å². The second-order valence-electron chi connectivity index (χ2n) is 6.88. The topological polar surface area (TPSA) is 121 Å². The SMILES string of the molecule is CCCCOC(=O)C1=C(N)Oc2cc(OC)ccc2[C@@H]1[C@H](C#N)C(=O)OCCCC. The molecule has 30 heavy (non-hydrogen) atoms. The molecular weight excluding hydrogens is 388 g/mol. The minimum absolute atomic E-state index is 0.0530. The van der Waals surface area contributed by atoms with E-state index in [2.05, 4.69) is 0 Å². The zero-order valence-corrected chi connectivity index (χ0v) is 17.6. The maximum Gasteiger partial charge on any atom is 0.340 e. The number of benzene rings is 1. The van der Waals surface area contributed by atoms with E-state index in [1.54, 1.807) is 18.2 Å². The predicted octanol–water partition coefficient (Wildman–Crippen LogP) is 3.17. The average molecular weight is 416 g/mol. The first-order chi connectivity index (χ1) is 14.5. The Hall–Kier alpha value is -3.21. The van der Waals surface area contributed by atoms with Gasteiger partial charge in [-0.05, 0) is 18.9 Å². The second-order valence-corrected chi connectivity index (χ2v) is 6.88. The number of fused-ring (bicyclic) bond motifs is 1. The van der Waals surface area contributed by atoms with Crippen molar-refractivity contribution < 1.29 is 28.5 Å². The summed E-state index contributed by atoms with van der Waals surface area (Å²) < 4.78 is 21.4. The molecule has 8 heteroatoms. The predicted molar refractivity (Wildman–Crippen MR) is 108 cm³/mol. The Morgan fingerprint density at radius 2 is 1.87 bits per heavy atom. The Bertz CT molecular complexity index is 843. The molecule has 0 aromatic heterocycles.